The first-order valence-corrected chi connectivity index (χ1v) is 10.4. The molecule has 1 heterocycles. The third-order valence-corrected chi connectivity index (χ3v) is 6.02. The molecule has 1 spiro atoms. The second-order valence-corrected chi connectivity index (χ2v) is 7.96. The van der Waals surface area contributed by atoms with Gasteiger partial charge in [-0.25, -0.2) is 4.79 Å². The Kier molecular flexibility index (Phi) is 5.22. The van der Waals surface area contributed by atoms with Crippen molar-refractivity contribution in [3.63, 3.8) is 0 Å². The highest BCUT2D eigenvalue weighted by Crippen LogP contribution is 2.39. The van der Waals surface area contributed by atoms with Crippen LogP contribution in [0.25, 0.3) is 0 Å². The van der Waals surface area contributed by atoms with Crippen LogP contribution in [0.1, 0.15) is 59.7 Å². The fourth-order valence-electron chi connectivity index (χ4n) is 4.50. The predicted molar refractivity (Wildman–Crippen MR) is 111 cm³/mol. The van der Waals surface area contributed by atoms with Crippen LogP contribution in [0, 0.1) is 0 Å². The molecule has 0 aromatic heterocycles. The average molecular weight is 390 g/mol. The minimum atomic E-state index is -1.05. The summed E-state index contributed by atoms with van der Waals surface area (Å²) in [5, 5.41) is 2.93. The quantitative estimate of drug-likeness (QED) is 0.620. The van der Waals surface area contributed by atoms with E-state index in [1.807, 2.05) is 36.4 Å². The number of amides is 3. The van der Waals surface area contributed by atoms with Gasteiger partial charge in [0.1, 0.15) is 5.54 Å². The predicted octanol–water partition coefficient (Wildman–Crippen LogP) is 4.00. The summed E-state index contributed by atoms with van der Waals surface area (Å²) in [6.07, 6.45) is 5.28. The number of aryl methyl sites for hydroxylation is 2. The highest BCUT2D eigenvalue weighted by Gasteiger charge is 2.53. The van der Waals surface area contributed by atoms with Gasteiger partial charge in [0.05, 0.1) is 6.54 Å². The monoisotopic (exact) mass is 390 g/mol. The molecule has 1 N–H and O–H groups in total. The van der Waals surface area contributed by atoms with Crippen molar-refractivity contribution in [3.8, 4) is 0 Å². The molecule has 2 aromatic carbocycles. The molecule has 4 rings (SSSR count). The molecule has 3 amide bonds. The lowest BCUT2D eigenvalue weighted by atomic mass is 9.84. The van der Waals surface area contributed by atoms with Gasteiger partial charge in [-0.1, -0.05) is 61.9 Å². The number of hydrogen-bond acceptors (Lipinski definition) is 3. The van der Waals surface area contributed by atoms with Gasteiger partial charge in [0, 0.05) is 5.56 Å². The van der Waals surface area contributed by atoms with Gasteiger partial charge in [-0.05, 0) is 48.8 Å². The van der Waals surface area contributed by atoms with Gasteiger partial charge in [0.25, 0.3) is 5.91 Å². The Hall–Kier alpha value is -2.95. The molecule has 2 aliphatic rings. The number of nitrogens with zero attached hydrogens (tertiary/aromatic N) is 1. The maximum absolute atomic E-state index is 13.4. The van der Waals surface area contributed by atoms with Crippen LogP contribution in [0.15, 0.2) is 48.5 Å². The minimum Gasteiger partial charge on any atom is -0.319 e. The summed E-state index contributed by atoms with van der Waals surface area (Å²) in [4.78, 5) is 40.0. The Labute approximate surface area is 171 Å². The van der Waals surface area contributed by atoms with E-state index in [0.717, 1.165) is 48.1 Å². The van der Waals surface area contributed by atoms with Gasteiger partial charge >= 0.3 is 6.03 Å². The zero-order chi connectivity index (χ0) is 20.4. The molecule has 5 heteroatoms. The summed E-state index contributed by atoms with van der Waals surface area (Å²) in [6.45, 7) is 1.87. The van der Waals surface area contributed by atoms with Crippen LogP contribution in [0.4, 0.5) is 4.79 Å². The third kappa shape index (κ3) is 3.46. The Morgan fingerprint density at radius 1 is 1.07 bits per heavy atom. The normalized spacial score (nSPS) is 21.1. The lowest BCUT2D eigenvalue weighted by Crippen LogP contribution is -2.44. The molecule has 29 heavy (non-hydrogen) atoms. The highest BCUT2D eigenvalue weighted by atomic mass is 16.2. The first kappa shape index (κ1) is 19.4. The number of ketones is 1. The lowest BCUT2D eigenvalue weighted by molar-refractivity contribution is -0.131. The SMILES string of the molecule is CCCc1ccc(C(=O)CN2C(=O)N[C@]3(CCCCc4ccccc43)C2=O)cc1. The van der Waals surface area contributed by atoms with Gasteiger partial charge in [0.2, 0.25) is 0 Å². The number of imide groups is 1. The zero-order valence-electron chi connectivity index (χ0n) is 16.7. The molecular weight excluding hydrogens is 364 g/mol. The number of nitrogens with one attached hydrogen (secondary N) is 1. The first-order valence-electron chi connectivity index (χ1n) is 10.4. The van der Waals surface area contributed by atoms with E-state index in [4.69, 9.17) is 0 Å². The average Bonchev–Trinajstić information content (AvgIpc) is 2.87. The Morgan fingerprint density at radius 3 is 2.59 bits per heavy atom. The van der Waals surface area contributed by atoms with Gasteiger partial charge in [-0.3, -0.25) is 14.5 Å². The number of rotatable bonds is 5. The first-order chi connectivity index (χ1) is 14.0. The van der Waals surface area contributed by atoms with Crippen molar-refractivity contribution in [1.29, 1.82) is 0 Å². The van der Waals surface area contributed by atoms with Crippen molar-refractivity contribution in [2.75, 3.05) is 6.54 Å². The number of fused-ring (bicyclic) bond motifs is 2. The molecule has 0 unspecified atom stereocenters. The smallest absolute Gasteiger partial charge is 0.319 e. The van der Waals surface area contributed by atoms with Gasteiger partial charge < -0.3 is 5.32 Å². The highest BCUT2D eigenvalue weighted by molar-refractivity contribution is 6.11. The number of urea groups is 1. The summed E-state index contributed by atoms with van der Waals surface area (Å²) < 4.78 is 0. The summed E-state index contributed by atoms with van der Waals surface area (Å²) in [6, 6.07) is 14.8. The standard InChI is InChI=1S/C24H26N2O3/c1-2-7-17-11-13-19(14-12-17)21(27)16-26-22(28)24(25-23(26)29)15-6-5-9-18-8-3-4-10-20(18)24/h3-4,8,10-14H,2,5-7,9,15-16H2,1H3,(H,25,29)/t24-/m0/s1. The van der Waals surface area contributed by atoms with Crippen molar-refractivity contribution in [3.05, 3.63) is 70.8 Å². The summed E-state index contributed by atoms with van der Waals surface area (Å²) in [7, 11) is 0. The van der Waals surface area contributed by atoms with E-state index in [1.54, 1.807) is 12.1 Å². The molecule has 1 saturated heterocycles. The molecular formula is C24H26N2O3. The summed E-state index contributed by atoms with van der Waals surface area (Å²) in [5.74, 6) is -0.539. The number of carbonyl (C=O) groups is 3. The fraction of sp³-hybridized carbons (Fsp3) is 0.375. The largest absolute Gasteiger partial charge is 0.325 e. The minimum absolute atomic E-state index is 0.226. The molecule has 0 radical (unpaired) electrons. The molecule has 1 atom stereocenters. The summed E-state index contributed by atoms with van der Waals surface area (Å²) >= 11 is 0. The van der Waals surface area contributed by atoms with E-state index in [-0.39, 0.29) is 18.2 Å². The topological polar surface area (TPSA) is 66.5 Å². The van der Waals surface area contributed by atoms with E-state index in [1.165, 1.54) is 5.56 Å². The molecule has 1 fully saturated rings. The number of Topliss-reactive ketones (excluding diaryl/α,β-unsaturated/α-hetero) is 1. The van der Waals surface area contributed by atoms with Crippen molar-refractivity contribution < 1.29 is 14.4 Å². The number of hydrogen-bond donors (Lipinski definition) is 1. The van der Waals surface area contributed by atoms with Crippen LogP contribution in [0.3, 0.4) is 0 Å². The van der Waals surface area contributed by atoms with Crippen molar-refractivity contribution in [2.45, 2.75) is 51.0 Å². The molecule has 0 saturated carbocycles. The van der Waals surface area contributed by atoms with Crippen LogP contribution in [-0.2, 0) is 23.2 Å². The molecule has 150 valence electrons. The Balaban J connectivity index is 1.58. The van der Waals surface area contributed by atoms with Gasteiger partial charge in [-0.15, -0.1) is 0 Å². The van der Waals surface area contributed by atoms with E-state index >= 15 is 0 Å². The van der Waals surface area contributed by atoms with Gasteiger partial charge in [0.15, 0.2) is 5.78 Å². The van der Waals surface area contributed by atoms with E-state index in [2.05, 4.69) is 12.2 Å². The molecule has 1 aliphatic carbocycles. The third-order valence-electron chi connectivity index (χ3n) is 6.02. The molecule has 2 aromatic rings. The van der Waals surface area contributed by atoms with Crippen molar-refractivity contribution in [1.82, 2.24) is 10.2 Å². The van der Waals surface area contributed by atoms with Crippen molar-refractivity contribution in [2.24, 2.45) is 0 Å². The number of benzene rings is 2. The van der Waals surface area contributed by atoms with E-state index < -0.39 is 11.6 Å². The second-order valence-electron chi connectivity index (χ2n) is 7.96. The van der Waals surface area contributed by atoms with Crippen LogP contribution in [-0.4, -0.2) is 29.2 Å². The maximum atomic E-state index is 13.4. The lowest BCUT2D eigenvalue weighted by Gasteiger charge is -2.27. The Morgan fingerprint density at radius 2 is 1.83 bits per heavy atom. The fourth-order valence-corrected chi connectivity index (χ4v) is 4.50. The second kappa shape index (κ2) is 7.82. The van der Waals surface area contributed by atoms with E-state index in [9.17, 15) is 14.4 Å². The molecule has 0 bridgehead atoms. The maximum Gasteiger partial charge on any atom is 0.325 e. The molecule has 5 nitrogen and oxygen atoms in total. The Bertz CT molecular complexity index is 951. The number of carbonyl (C=O) groups excluding carboxylic acids is 3. The van der Waals surface area contributed by atoms with Crippen LogP contribution in [0.5, 0.6) is 0 Å². The zero-order valence-corrected chi connectivity index (χ0v) is 16.7. The van der Waals surface area contributed by atoms with Gasteiger partial charge in [-0.2, -0.15) is 0 Å². The van der Waals surface area contributed by atoms with Crippen LogP contribution in [0.2, 0.25) is 0 Å². The van der Waals surface area contributed by atoms with Crippen molar-refractivity contribution >= 4 is 17.7 Å². The van der Waals surface area contributed by atoms with Crippen LogP contribution >= 0.6 is 0 Å². The summed E-state index contributed by atoms with van der Waals surface area (Å²) in [5.41, 5.74) is 2.61. The van der Waals surface area contributed by atoms with Crippen LogP contribution < -0.4 is 5.32 Å². The van der Waals surface area contributed by atoms with E-state index in [0.29, 0.717) is 12.0 Å². The molecule has 1 aliphatic heterocycles.